The third-order valence-electron chi connectivity index (χ3n) is 2.09. The summed E-state index contributed by atoms with van der Waals surface area (Å²) >= 11 is 11.6. The predicted molar refractivity (Wildman–Crippen MR) is 62.2 cm³/mol. The van der Waals surface area contributed by atoms with Crippen molar-refractivity contribution >= 4 is 23.2 Å². The topological polar surface area (TPSA) is 49.6 Å². The minimum absolute atomic E-state index is 0.0233. The molecule has 2 aromatic rings. The van der Waals surface area contributed by atoms with Crippen LogP contribution in [0.1, 0.15) is 5.69 Å². The number of hydrogen-bond acceptors (Lipinski definition) is 3. The van der Waals surface area contributed by atoms with Crippen molar-refractivity contribution in [3.05, 3.63) is 46.1 Å². The molecule has 0 saturated heterocycles. The maximum Gasteiger partial charge on any atom is 0.185 e. The highest BCUT2D eigenvalue weighted by Crippen LogP contribution is 2.28. The van der Waals surface area contributed by atoms with Crippen LogP contribution in [0.25, 0.3) is 11.3 Å². The lowest BCUT2D eigenvalue weighted by atomic mass is 10.1. The fourth-order valence-corrected chi connectivity index (χ4v) is 1.59. The predicted octanol–water partition coefficient (Wildman–Crippen LogP) is 3.46. The Hall–Kier alpha value is -1.70. The molecule has 84 valence electrons. The van der Waals surface area contributed by atoms with Gasteiger partial charge < -0.3 is 0 Å². The minimum Gasteiger partial charge on any atom is -0.233 e. The van der Waals surface area contributed by atoms with E-state index >= 15 is 0 Å². The summed E-state index contributed by atoms with van der Waals surface area (Å²) in [5.74, 6) is -0.770. The van der Waals surface area contributed by atoms with Gasteiger partial charge in [-0.25, -0.2) is 14.4 Å². The zero-order valence-corrected chi connectivity index (χ0v) is 9.80. The Morgan fingerprint density at radius 3 is 2.59 bits per heavy atom. The van der Waals surface area contributed by atoms with Crippen molar-refractivity contribution in [2.75, 3.05) is 0 Å². The zero-order chi connectivity index (χ0) is 12.4. The van der Waals surface area contributed by atoms with Crippen LogP contribution in [0.3, 0.4) is 0 Å². The lowest BCUT2D eigenvalue weighted by molar-refractivity contribution is 0.613. The molecule has 0 fully saturated rings. The molecule has 0 radical (unpaired) electrons. The molecule has 6 heteroatoms. The van der Waals surface area contributed by atoms with E-state index in [1.54, 1.807) is 12.1 Å². The fourth-order valence-electron chi connectivity index (χ4n) is 1.29. The maximum atomic E-state index is 13.8. The van der Waals surface area contributed by atoms with Gasteiger partial charge in [-0.15, -0.1) is 0 Å². The van der Waals surface area contributed by atoms with Crippen LogP contribution in [0.15, 0.2) is 24.5 Å². The maximum absolute atomic E-state index is 13.8. The molecule has 3 nitrogen and oxygen atoms in total. The molecule has 0 spiro atoms. The second-order valence-electron chi connectivity index (χ2n) is 3.13. The Labute approximate surface area is 106 Å². The van der Waals surface area contributed by atoms with E-state index in [0.717, 1.165) is 6.33 Å². The second kappa shape index (κ2) is 4.66. The molecule has 0 atom stereocenters. The molecule has 0 N–H and O–H groups in total. The molecule has 0 aliphatic rings. The first-order valence-corrected chi connectivity index (χ1v) is 5.25. The first-order valence-electron chi connectivity index (χ1n) is 4.49. The Morgan fingerprint density at radius 1 is 1.18 bits per heavy atom. The van der Waals surface area contributed by atoms with Gasteiger partial charge in [-0.1, -0.05) is 29.3 Å². The van der Waals surface area contributed by atoms with Crippen LogP contribution in [0.4, 0.5) is 4.39 Å². The van der Waals surface area contributed by atoms with Crippen LogP contribution in [0.5, 0.6) is 0 Å². The zero-order valence-electron chi connectivity index (χ0n) is 8.28. The standard InChI is InChI=1S/C11H4Cl2FN3/c12-7-2-1-6(3-8(7)13)11-10(14)9(4-15)16-5-17-11/h1-3,5H. The summed E-state index contributed by atoms with van der Waals surface area (Å²) in [6.45, 7) is 0. The number of rotatable bonds is 1. The van der Waals surface area contributed by atoms with E-state index in [1.165, 1.54) is 12.1 Å². The van der Waals surface area contributed by atoms with E-state index in [4.69, 9.17) is 28.5 Å². The van der Waals surface area contributed by atoms with E-state index in [1.807, 2.05) is 0 Å². The van der Waals surface area contributed by atoms with Crippen LogP contribution in [0.2, 0.25) is 10.0 Å². The van der Waals surface area contributed by atoms with E-state index in [0.29, 0.717) is 15.6 Å². The Bertz CT molecular complexity index is 623. The van der Waals surface area contributed by atoms with Gasteiger partial charge in [-0.2, -0.15) is 5.26 Å². The minimum atomic E-state index is -0.770. The van der Waals surface area contributed by atoms with Crippen molar-refractivity contribution in [3.8, 4) is 17.3 Å². The fraction of sp³-hybridized carbons (Fsp3) is 0. The number of hydrogen-bond donors (Lipinski definition) is 0. The molecule has 17 heavy (non-hydrogen) atoms. The quantitative estimate of drug-likeness (QED) is 0.795. The summed E-state index contributed by atoms with van der Waals surface area (Å²) < 4.78 is 13.8. The number of halogens is 3. The van der Waals surface area contributed by atoms with Crippen molar-refractivity contribution in [2.45, 2.75) is 0 Å². The molecule has 0 saturated carbocycles. The van der Waals surface area contributed by atoms with Gasteiger partial charge in [-0.05, 0) is 12.1 Å². The summed E-state index contributed by atoms with van der Waals surface area (Å²) in [5, 5.41) is 9.32. The number of nitriles is 1. The van der Waals surface area contributed by atoms with Gasteiger partial charge in [-0.3, -0.25) is 0 Å². The molecule has 0 bridgehead atoms. The van der Waals surface area contributed by atoms with Crippen molar-refractivity contribution in [3.63, 3.8) is 0 Å². The van der Waals surface area contributed by atoms with Gasteiger partial charge in [0.15, 0.2) is 11.5 Å². The molecule has 1 aromatic heterocycles. The molecule has 1 heterocycles. The first-order chi connectivity index (χ1) is 8.13. The van der Waals surface area contributed by atoms with Crippen LogP contribution >= 0.6 is 23.2 Å². The van der Waals surface area contributed by atoms with Crippen LogP contribution in [0, 0.1) is 17.1 Å². The number of nitrogens with zero attached hydrogens (tertiary/aromatic N) is 3. The van der Waals surface area contributed by atoms with Gasteiger partial charge in [0.25, 0.3) is 0 Å². The summed E-state index contributed by atoms with van der Waals surface area (Å²) in [4.78, 5) is 7.31. The summed E-state index contributed by atoms with van der Waals surface area (Å²) in [6, 6.07) is 6.23. The summed E-state index contributed by atoms with van der Waals surface area (Å²) in [5.41, 5.74) is 0.159. The summed E-state index contributed by atoms with van der Waals surface area (Å²) in [7, 11) is 0. The Morgan fingerprint density at radius 2 is 1.94 bits per heavy atom. The molecule has 0 aliphatic carbocycles. The Kier molecular flexibility index (Phi) is 3.23. The van der Waals surface area contributed by atoms with E-state index < -0.39 is 5.82 Å². The first kappa shape index (κ1) is 11.8. The van der Waals surface area contributed by atoms with Crippen LogP contribution in [-0.4, -0.2) is 9.97 Å². The van der Waals surface area contributed by atoms with Gasteiger partial charge in [0.05, 0.1) is 10.0 Å². The molecular weight excluding hydrogens is 264 g/mol. The highest BCUT2D eigenvalue weighted by molar-refractivity contribution is 6.42. The monoisotopic (exact) mass is 267 g/mol. The van der Waals surface area contributed by atoms with Crippen molar-refractivity contribution in [1.82, 2.24) is 9.97 Å². The largest absolute Gasteiger partial charge is 0.233 e. The average molecular weight is 268 g/mol. The number of aromatic nitrogens is 2. The second-order valence-corrected chi connectivity index (χ2v) is 3.94. The normalized spacial score (nSPS) is 10.0. The average Bonchev–Trinajstić information content (AvgIpc) is 2.33. The van der Waals surface area contributed by atoms with Gasteiger partial charge >= 0.3 is 0 Å². The van der Waals surface area contributed by atoms with Gasteiger partial charge in [0, 0.05) is 5.56 Å². The molecule has 1 aromatic carbocycles. The van der Waals surface area contributed by atoms with Crippen molar-refractivity contribution < 1.29 is 4.39 Å². The SMILES string of the molecule is N#Cc1ncnc(-c2ccc(Cl)c(Cl)c2)c1F. The van der Waals surface area contributed by atoms with E-state index in [-0.39, 0.29) is 11.4 Å². The lowest BCUT2D eigenvalue weighted by Crippen LogP contribution is -1.96. The molecule has 0 amide bonds. The Balaban J connectivity index is 2.61. The van der Waals surface area contributed by atoms with E-state index in [2.05, 4.69) is 9.97 Å². The highest BCUT2D eigenvalue weighted by Gasteiger charge is 2.13. The van der Waals surface area contributed by atoms with Crippen LogP contribution in [-0.2, 0) is 0 Å². The molecule has 0 aliphatic heterocycles. The lowest BCUT2D eigenvalue weighted by Gasteiger charge is -2.04. The number of benzene rings is 1. The molecule has 2 rings (SSSR count). The molecular formula is C11H4Cl2FN3. The van der Waals surface area contributed by atoms with Gasteiger partial charge in [0.2, 0.25) is 0 Å². The van der Waals surface area contributed by atoms with Gasteiger partial charge in [0.1, 0.15) is 18.1 Å². The third kappa shape index (κ3) is 2.21. The third-order valence-corrected chi connectivity index (χ3v) is 2.83. The van der Waals surface area contributed by atoms with Crippen molar-refractivity contribution in [2.24, 2.45) is 0 Å². The van der Waals surface area contributed by atoms with Crippen LogP contribution < -0.4 is 0 Å². The van der Waals surface area contributed by atoms with E-state index in [9.17, 15) is 4.39 Å². The smallest absolute Gasteiger partial charge is 0.185 e. The highest BCUT2D eigenvalue weighted by atomic mass is 35.5. The molecule has 0 unspecified atom stereocenters. The van der Waals surface area contributed by atoms with Crippen molar-refractivity contribution in [1.29, 1.82) is 5.26 Å². The summed E-state index contributed by atoms with van der Waals surface area (Å²) in [6.07, 6.45) is 1.12.